The fraction of sp³-hybridized carbons (Fsp3) is 0.429. The lowest BCUT2D eigenvalue weighted by molar-refractivity contribution is 0.0756. The summed E-state index contributed by atoms with van der Waals surface area (Å²) >= 11 is 1.31. The quantitative estimate of drug-likeness (QED) is 0.410. The zero-order chi connectivity index (χ0) is 16.6. The Bertz CT molecular complexity index is 641. The second kappa shape index (κ2) is 6.08. The lowest BCUT2D eigenvalue weighted by atomic mass is 10.2. The van der Waals surface area contributed by atoms with E-state index in [1.165, 1.54) is 30.2 Å². The molecule has 0 spiro atoms. The Kier molecular flexibility index (Phi) is 4.28. The molecule has 0 radical (unpaired) electrons. The van der Waals surface area contributed by atoms with Gasteiger partial charge in [0.2, 0.25) is 0 Å². The van der Waals surface area contributed by atoms with E-state index in [0.29, 0.717) is 34.6 Å². The number of aliphatic hydroxyl groups is 2. The van der Waals surface area contributed by atoms with E-state index in [1.54, 1.807) is 6.92 Å². The van der Waals surface area contributed by atoms with Gasteiger partial charge in [-0.25, -0.2) is 9.45 Å². The number of thioether (sulfide) groups is 1. The highest BCUT2D eigenvalue weighted by molar-refractivity contribution is 7.99. The summed E-state index contributed by atoms with van der Waals surface area (Å²) in [6.45, 7) is 2.53. The number of halogens is 1. The molecule has 2 aliphatic heterocycles. The van der Waals surface area contributed by atoms with Crippen LogP contribution in [-0.2, 0) is 4.74 Å². The maximum absolute atomic E-state index is 14.3. The van der Waals surface area contributed by atoms with E-state index in [2.05, 4.69) is 10.6 Å². The zero-order valence-corrected chi connectivity index (χ0v) is 13.2. The first-order valence-electron chi connectivity index (χ1n) is 7.06. The summed E-state index contributed by atoms with van der Waals surface area (Å²) in [4.78, 5) is 0.624. The van der Waals surface area contributed by atoms with E-state index in [4.69, 9.17) is 4.74 Å². The standard InChI is InChI=1S/C14H18FN3O4S/c1-14(20)7-23-12-4-8(15)11(5-9(12)17-14)18(21)13(19)10-6-22-3-2-16-10/h4-6,13,16-17,19-21H,2-3,7H2,1H3. The van der Waals surface area contributed by atoms with E-state index in [1.807, 2.05) is 0 Å². The molecule has 9 heteroatoms. The van der Waals surface area contributed by atoms with Crippen LogP contribution in [0.25, 0.3) is 0 Å². The summed E-state index contributed by atoms with van der Waals surface area (Å²) in [5.41, 5.74) is -0.635. The molecule has 2 atom stereocenters. The van der Waals surface area contributed by atoms with Gasteiger partial charge < -0.3 is 25.6 Å². The Hall–Kier alpha value is -1.68. The van der Waals surface area contributed by atoms with Crippen LogP contribution in [0.2, 0.25) is 0 Å². The summed E-state index contributed by atoms with van der Waals surface area (Å²) in [7, 11) is 0. The molecular formula is C14H18FN3O4S. The van der Waals surface area contributed by atoms with Crippen LogP contribution in [0.3, 0.4) is 0 Å². The average Bonchev–Trinajstić information content (AvgIpc) is 2.53. The van der Waals surface area contributed by atoms with Crippen LogP contribution >= 0.6 is 11.8 Å². The molecule has 0 bridgehead atoms. The number of nitrogens with zero attached hydrogens (tertiary/aromatic N) is 1. The fourth-order valence-electron chi connectivity index (χ4n) is 2.34. The molecule has 0 amide bonds. The van der Waals surface area contributed by atoms with Crippen LogP contribution in [0, 0.1) is 5.82 Å². The molecule has 3 rings (SSSR count). The number of hydroxylamine groups is 1. The summed E-state index contributed by atoms with van der Waals surface area (Å²) in [6.07, 6.45) is -0.216. The Balaban J connectivity index is 1.88. The first-order valence-corrected chi connectivity index (χ1v) is 8.04. The molecule has 0 saturated carbocycles. The van der Waals surface area contributed by atoms with Crippen molar-refractivity contribution in [2.75, 3.05) is 29.3 Å². The van der Waals surface area contributed by atoms with Crippen LogP contribution in [-0.4, -0.2) is 46.3 Å². The van der Waals surface area contributed by atoms with Crippen molar-refractivity contribution in [1.29, 1.82) is 0 Å². The molecule has 2 heterocycles. The van der Waals surface area contributed by atoms with Crippen molar-refractivity contribution in [2.45, 2.75) is 23.8 Å². The summed E-state index contributed by atoms with van der Waals surface area (Å²) in [5, 5.41) is 36.5. The zero-order valence-electron chi connectivity index (χ0n) is 12.4. The molecule has 0 aliphatic carbocycles. The van der Waals surface area contributed by atoms with Gasteiger partial charge in [0.1, 0.15) is 30.1 Å². The minimum atomic E-state index is -1.50. The molecule has 0 saturated heterocycles. The van der Waals surface area contributed by atoms with E-state index in [-0.39, 0.29) is 11.4 Å². The summed E-state index contributed by atoms with van der Waals surface area (Å²) < 4.78 is 19.3. The van der Waals surface area contributed by atoms with Gasteiger partial charge in [0, 0.05) is 17.2 Å². The number of benzene rings is 1. The number of hydrogen-bond acceptors (Lipinski definition) is 8. The molecule has 7 nitrogen and oxygen atoms in total. The number of anilines is 2. The van der Waals surface area contributed by atoms with Gasteiger partial charge in [-0.1, -0.05) is 0 Å². The predicted molar refractivity (Wildman–Crippen MR) is 83.7 cm³/mol. The Morgan fingerprint density at radius 1 is 1.48 bits per heavy atom. The molecule has 1 aromatic carbocycles. The number of nitrogens with one attached hydrogen (secondary N) is 2. The Labute approximate surface area is 136 Å². The van der Waals surface area contributed by atoms with E-state index in [0.717, 1.165) is 0 Å². The second-order valence-electron chi connectivity index (χ2n) is 5.58. The minimum Gasteiger partial charge on any atom is -0.497 e. The van der Waals surface area contributed by atoms with Crippen molar-refractivity contribution in [1.82, 2.24) is 5.32 Å². The molecule has 2 aliphatic rings. The van der Waals surface area contributed by atoms with Gasteiger partial charge >= 0.3 is 0 Å². The molecule has 0 aromatic heterocycles. The number of fused-ring (bicyclic) bond motifs is 1. The van der Waals surface area contributed by atoms with Crippen LogP contribution in [0.1, 0.15) is 6.92 Å². The average molecular weight is 343 g/mol. The van der Waals surface area contributed by atoms with E-state index in [9.17, 15) is 19.8 Å². The topological polar surface area (TPSA) is 97.2 Å². The first kappa shape index (κ1) is 16.2. The molecule has 1 aromatic rings. The smallest absolute Gasteiger partial charge is 0.194 e. The van der Waals surface area contributed by atoms with E-state index < -0.39 is 17.8 Å². The monoisotopic (exact) mass is 343 g/mol. The van der Waals surface area contributed by atoms with Gasteiger partial charge in [-0.3, -0.25) is 5.21 Å². The molecule has 126 valence electrons. The SMILES string of the molecule is CC1(O)CSc2cc(F)c(N(O)C(O)C3=COCCN3)cc2N1. The van der Waals surface area contributed by atoms with Crippen LogP contribution < -0.4 is 15.7 Å². The van der Waals surface area contributed by atoms with Crippen molar-refractivity contribution >= 4 is 23.1 Å². The number of rotatable bonds is 3. The minimum absolute atomic E-state index is 0.213. The maximum Gasteiger partial charge on any atom is 0.194 e. The third-order valence-electron chi connectivity index (χ3n) is 3.48. The highest BCUT2D eigenvalue weighted by Crippen LogP contribution is 2.40. The number of ether oxygens (including phenoxy) is 1. The highest BCUT2D eigenvalue weighted by Gasteiger charge is 2.30. The first-order chi connectivity index (χ1) is 10.9. The fourth-order valence-corrected chi connectivity index (χ4v) is 3.30. The largest absolute Gasteiger partial charge is 0.497 e. The Morgan fingerprint density at radius 3 is 2.96 bits per heavy atom. The Morgan fingerprint density at radius 2 is 2.26 bits per heavy atom. The molecule has 23 heavy (non-hydrogen) atoms. The molecule has 2 unspecified atom stereocenters. The van der Waals surface area contributed by atoms with Crippen molar-refractivity contribution in [2.24, 2.45) is 0 Å². The molecule has 0 fully saturated rings. The van der Waals surface area contributed by atoms with Gasteiger partial charge in [-0.2, -0.15) is 0 Å². The van der Waals surface area contributed by atoms with Gasteiger partial charge in [0.05, 0.1) is 11.4 Å². The van der Waals surface area contributed by atoms with Gasteiger partial charge in [0.15, 0.2) is 6.23 Å². The second-order valence-corrected chi connectivity index (χ2v) is 6.59. The summed E-state index contributed by atoms with van der Waals surface area (Å²) in [5.74, 6) is -0.309. The van der Waals surface area contributed by atoms with Gasteiger partial charge in [0.25, 0.3) is 0 Å². The van der Waals surface area contributed by atoms with Gasteiger partial charge in [-0.15, -0.1) is 11.8 Å². The van der Waals surface area contributed by atoms with Gasteiger partial charge in [-0.05, 0) is 19.1 Å². The lowest BCUT2D eigenvalue weighted by Gasteiger charge is -2.33. The van der Waals surface area contributed by atoms with Crippen molar-refractivity contribution in [3.8, 4) is 0 Å². The third kappa shape index (κ3) is 3.32. The number of aliphatic hydroxyl groups excluding tert-OH is 1. The van der Waals surface area contributed by atoms with Crippen LogP contribution in [0.4, 0.5) is 15.8 Å². The van der Waals surface area contributed by atoms with E-state index >= 15 is 0 Å². The summed E-state index contributed by atoms with van der Waals surface area (Å²) in [6, 6.07) is 2.60. The molecule has 5 N–H and O–H groups in total. The van der Waals surface area contributed by atoms with Crippen LogP contribution in [0.5, 0.6) is 0 Å². The van der Waals surface area contributed by atoms with Crippen molar-refractivity contribution in [3.63, 3.8) is 0 Å². The van der Waals surface area contributed by atoms with Crippen LogP contribution in [0.15, 0.2) is 29.0 Å². The normalized spacial score (nSPS) is 24.5. The third-order valence-corrected chi connectivity index (χ3v) is 4.83. The van der Waals surface area contributed by atoms with Crippen molar-refractivity contribution < 1.29 is 24.5 Å². The highest BCUT2D eigenvalue weighted by atomic mass is 32.2. The number of hydrogen-bond donors (Lipinski definition) is 5. The molecular weight excluding hydrogens is 325 g/mol. The van der Waals surface area contributed by atoms with Crippen molar-refractivity contribution in [3.05, 3.63) is 29.9 Å². The predicted octanol–water partition coefficient (Wildman–Crippen LogP) is 1.03. The maximum atomic E-state index is 14.3. The lowest BCUT2D eigenvalue weighted by Crippen LogP contribution is -2.42.